The Labute approximate surface area is 91.0 Å². The Morgan fingerprint density at radius 1 is 1.46 bits per heavy atom. The molecule has 0 amide bonds. The van der Waals surface area contributed by atoms with Gasteiger partial charge in [-0.2, -0.15) is 0 Å². The molecular weight excluding hydrogens is 253 g/mol. The standard InChI is InChI=1S/C9H11BrClNO/c10-8-3-1-2-4-9(8)12-6-7(13)5-11/h1-4,7,12-13H,5-6H2. The number of hydrogen-bond acceptors (Lipinski definition) is 2. The minimum atomic E-state index is -0.506. The average molecular weight is 265 g/mol. The van der Waals surface area contributed by atoms with Crippen molar-refractivity contribution < 1.29 is 5.11 Å². The molecule has 0 aliphatic heterocycles. The number of alkyl halides is 1. The van der Waals surface area contributed by atoms with E-state index in [-0.39, 0.29) is 5.88 Å². The summed E-state index contributed by atoms with van der Waals surface area (Å²) in [6, 6.07) is 7.74. The van der Waals surface area contributed by atoms with Crippen molar-refractivity contribution >= 4 is 33.2 Å². The van der Waals surface area contributed by atoms with Crippen molar-refractivity contribution in [2.75, 3.05) is 17.7 Å². The lowest BCUT2D eigenvalue weighted by Gasteiger charge is -2.10. The topological polar surface area (TPSA) is 32.3 Å². The van der Waals surface area contributed by atoms with Crippen LogP contribution in [0.2, 0.25) is 0 Å². The molecule has 13 heavy (non-hydrogen) atoms. The van der Waals surface area contributed by atoms with Crippen LogP contribution in [0.3, 0.4) is 0 Å². The molecule has 1 aromatic rings. The maximum atomic E-state index is 9.20. The van der Waals surface area contributed by atoms with Gasteiger partial charge in [-0.25, -0.2) is 0 Å². The molecule has 2 nitrogen and oxygen atoms in total. The number of benzene rings is 1. The Morgan fingerprint density at radius 3 is 2.77 bits per heavy atom. The molecule has 1 unspecified atom stereocenters. The van der Waals surface area contributed by atoms with Crippen LogP contribution in [0.5, 0.6) is 0 Å². The van der Waals surface area contributed by atoms with E-state index in [1.165, 1.54) is 0 Å². The number of aliphatic hydroxyl groups excluding tert-OH is 1. The number of nitrogens with one attached hydrogen (secondary N) is 1. The van der Waals surface area contributed by atoms with E-state index in [1.54, 1.807) is 0 Å². The molecule has 0 aromatic heterocycles. The van der Waals surface area contributed by atoms with Gasteiger partial charge >= 0.3 is 0 Å². The van der Waals surface area contributed by atoms with E-state index < -0.39 is 6.10 Å². The summed E-state index contributed by atoms with van der Waals surface area (Å²) in [7, 11) is 0. The summed E-state index contributed by atoms with van der Waals surface area (Å²) < 4.78 is 0.983. The third-order valence-corrected chi connectivity index (χ3v) is 2.63. The summed E-state index contributed by atoms with van der Waals surface area (Å²) in [4.78, 5) is 0. The Hall–Kier alpha value is -0.250. The lowest BCUT2D eigenvalue weighted by Crippen LogP contribution is -2.20. The summed E-state index contributed by atoms with van der Waals surface area (Å²) in [5, 5.41) is 12.3. The average Bonchev–Trinajstić information content (AvgIpc) is 2.16. The summed E-state index contributed by atoms with van der Waals surface area (Å²) in [5.41, 5.74) is 0.965. The fourth-order valence-electron chi connectivity index (χ4n) is 0.887. The Bertz CT molecular complexity index is 270. The maximum absolute atomic E-state index is 9.20. The molecule has 4 heteroatoms. The van der Waals surface area contributed by atoms with Crippen molar-refractivity contribution in [1.82, 2.24) is 0 Å². The number of para-hydroxylation sites is 1. The zero-order valence-corrected chi connectivity index (χ0v) is 9.35. The van der Waals surface area contributed by atoms with E-state index in [1.807, 2.05) is 24.3 Å². The van der Waals surface area contributed by atoms with Gasteiger partial charge in [0, 0.05) is 16.7 Å². The smallest absolute Gasteiger partial charge is 0.0847 e. The number of halogens is 2. The predicted molar refractivity (Wildman–Crippen MR) is 59.4 cm³/mol. The Morgan fingerprint density at radius 2 is 2.15 bits per heavy atom. The Kier molecular flexibility index (Phi) is 4.56. The summed E-state index contributed by atoms with van der Waals surface area (Å²) in [6.45, 7) is 0.464. The van der Waals surface area contributed by atoms with Crippen molar-refractivity contribution in [1.29, 1.82) is 0 Å². The van der Waals surface area contributed by atoms with Crippen molar-refractivity contribution in [3.63, 3.8) is 0 Å². The maximum Gasteiger partial charge on any atom is 0.0847 e. The first-order valence-electron chi connectivity index (χ1n) is 3.96. The van der Waals surface area contributed by atoms with Crippen LogP contribution in [0.25, 0.3) is 0 Å². The SMILES string of the molecule is OC(CCl)CNc1ccccc1Br. The van der Waals surface area contributed by atoms with E-state index in [0.717, 1.165) is 10.2 Å². The van der Waals surface area contributed by atoms with Crippen LogP contribution < -0.4 is 5.32 Å². The highest BCUT2D eigenvalue weighted by Gasteiger charge is 2.02. The van der Waals surface area contributed by atoms with Crippen molar-refractivity contribution in [2.24, 2.45) is 0 Å². The van der Waals surface area contributed by atoms with Gasteiger partial charge in [-0.1, -0.05) is 12.1 Å². The van der Waals surface area contributed by atoms with Gasteiger partial charge in [0.25, 0.3) is 0 Å². The molecule has 0 bridgehead atoms. The van der Waals surface area contributed by atoms with Gasteiger partial charge in [0.05, 0.1) is 12.0 Å². The van der Waals surface area contributed by atoms with Crippen LogP contribution in [0.1, 0.15) is 0 Å². The molecule has 1 atom stereocenters. The summed E-state index contributed by atoms with van der Waals surface area (Å²) in [5.74, 6) is 0.247. The molecule has 2 N–H and O–H groups in total. The molecule has 0 radical (unpaired) electrons. The molecule has 0 spiro atoms. The van der Waals surface area contributed by atoms with Crippen LogP contribution in [-0.2, 0) is 0 Å². The second-order valence-electron chi connectivity index (χ2n) is 2.67. The number of hydrogen-bond donors (Lipinski definition) is 2. The molecule has 1 aromatic carbocycles. The van der Waals surface area contributed by atoms with Crippen LogP contribution in [-0.4, -0.2) is 23.6 Å². The predicted octanol–water partition coefficient (Wildman–Crippen LogP) is 2.46. The number of rotatable bonds is 4. The first-order valence-corrected chi connectivity index (χ1v) is 5.29. The quantitative estimate of drug-likeness (QED) is 0.819. The molecule has 0 aliphatic rings. The van der Waals surface area contributed by atoms with Gasteiger partial charge in [0.2, 0.25) is 0 Å². The molecule has 0 heterocycles. The van der Waals surface area contributed by atoms with Crippen molar-refractivity contribution in [3.05, 3.63) is 28.7 Å². The van der Waals surface area contributed by atoms with Gasteiger partial charge in [-0.15, -0.1) is 11.6 Å². The summed E-state index contributed by atoms with van der Waals surface area (Å²) in [6.07, 6.45) is -0.506. The first kappa shape index (κ1) is 10.8. The zero-order valence-electron chi connectivity index (χ0n) is 7.00. The second kappa shape index (κ2) is 5.47. The fraction of sp³-hybridized carbons (Fsp3) is 0.333. The Balaban J connectivity index is 2.50. The molecule has 0 aliphatic carbocycles. The highest BCUT2D eigenvalue weighted by Crippen LogP contribution is 2.20. The van der Waals surface area contributed by atoms with E-state index in [0.29, 0.717) is 6.54 Å². The van der Waals surface area contributed by atoms with Crippen LogP contribution >= 0.6 is 27.5 Å². The van der Waals surface area contributed by atoms with Gasteiger partial charge in [-0.3, -0.25) is 0 Å². The highest BCUT2D eigenvalue weighted by atomic mass is 79.9. The zero-order chi connectivity index (χ0) is 9.68. The first-order chi connectivity index (χ1) is 6.24. The largest absolute Gasteiger partial charge is 0.390 e. The lowest BCUT2D eigenvalue weighted by molar-refractivity contribution is 0.211. The molecule has 0 saturated carbocycles. The molecule has 1 rings (SSSR count). The summed E-state index contributed by atoms with van der Waals surface area (Å²) >= 11 is 8.85. The number of aliphatic hydroxyl groups is 1. The van der Waals surface area contributed by atoms with E-state index in [2.05, 4.69) is 21.2 Å². The van der Waals surface area contributed by atoms with Gasteiger partial charge in [-0.05, 0) is 28.1 Å². The third kappa shape index (κ3) is 3.55. The van der Waals surface area contributed by atoms with Crippen LogP contribution in [0.15, 0.2) is 28.7 Å². The van der Waals surface area contributed by atoms with Crippen LogP contribution in [0.4, 0.5) is 5.69 Å². The van der Waals surface area contributed by atoms with E-state index >= 15 is 0 Å². The minimum Gasteiger partial charge on any atom is -0.390 e. The number of anilines is 1. The lowest BCUT2D eigenvalue weighted by atomic mass is 10.3. The van der Waals surface area contributed by atoms with Crippen molar-refractivity contribution in [3.8, 4) is 0 Å². The molecule has 0 saturated heterocycles. The van der Waals surface area contributed by atoms with E-state index in [4.69, 9.17) is 11.6 Å². The van der Waals surface area contributed by atoms with Crippen molar-refractivity contribution in [2.45, 2.75) is 6.10 Å². The van der Waals surface area contributed by atoms with Gasteiger partial charge < -0.3 is 10.4 Å². The van der Waals surface area contributed by atoms with E-state index in [9.17, 15) is 5.11 Å². The minimum absolute atomic E-state index is 0.247. The van der Waals surface area contributed by atoms with Gasteiger partial charge in [0.1, 0.15) is 0 Å². The highest BCUT2D eigenvalue weighted by molar-refractivity contribution is 9.10. The monoisotopic (exact) mass is 263 g/mol. The normalized spacial score (nSPS) is 12.5. The third-order valence-electron chi connectivity index (χ3n) is 1.58. The fourth-order valence-corrected chi connectivity index (χ4v) is 1.42. The van der Waals surface area contributed by atoms with Crippen LogP contribution in [0, 0.1) is 0 Å². The second-order valence-corrected chi connectivity index (χ2v) is 3.83. The van der Waals surface area contributed by atoms with Gasteiger partial charge in [0.15, 0.2) is 0 Å². The molecular formula is C9H11BrClNO. The molecule has 0 fully saturated rings. The molecule has 72 valence electrons.